The molecule has 0 bridgehead atoms. The summed E-state index contributed by atoms with van der Waals surface area (Å²) in [4.78, 5) is 0.365. The van der Waals surface area contributed by atoms with E-state index in [1.54, 1.807) is 12.1 Å². The van der Waals surface area contributed by atoms with Crippen LogP contribution < -0.4 is 4.72 Å². The van der Waals surface area contributed by atoms with Crippen molar-refractivity contribution in [2.24, 2.45) is 0 Å². The molecule has 2 aromatic carbocycles. The van der Waals surface area contributed by atoms with Crippen LogP contribution in [0.1, 0.15) is 19.3 Å². The molecule has 21 heavy (non-hydrogen) atoms. The zero-order chi connectivity index (χ0) is 15.1. The van der Waals surface area contributed by atoms with Crippen molar-refractivity contribution < 1.29 is 8.42 Å². The van der Waals surface area contributed by atoms with Crippen molar-refractivity contribution in [2.45, 2.75) is 24.2 Å². The summed E-state index contributed by atoms with van der Waals surface area (Å²) in [7, 11) is -3.43. The Kier molecular flexibility index (Phi) is 6.08. The second kappa shape index (κ2) is 7.82. The molecule has 0 amide bonds. The lowest BCUT2D eigenvalue weighted by molar-refractivity contribution is 0.577. The van der Waals surface area contributed by atoms with Crippen molar-refractivity contribution in [3.05, 3.63) is 42.5 Å². The number of nitrogens with one attached hydrogen (secondary N) is 1. The molecular formula is C16H21NO2S2. The van der Waals surface area contributed by atoms with Gasteiger partial charge in [-0.05, 0) is 36.3 Å². The van der Waals surface area contributed by atoms with Gasteiger partial charge in [0.2, 0.25) is 10.0 Å². The molecule has 0 aliphatic heterocycles. The van der Waals surface area contributed by atoms with E-state index >= 15 is 0 Å². The molecule has 0 fully saturated rings. The lowest BCUT2D eigenvalue weighted by atomic mass is 10.1. The third-order valence-electron chi connectivity index (χ3n) is 3.36. The molecule has 0 unspecified atom stereocenters. The number of unbranched alkanes of at least 4 members (excludes halogenated alkanes) is 2. The molecule has 0 aliphatic rings. The summed E-state index contributed by atoms with van der Waals surface area (Å²) in [5.41, 5.74) is 0. The van der Waals surface area contributed by atoms with E-state index in [4.69, 9.17) is 0 Å². The van der Waals surface area contributed by atoms with Crippen LogP contribution in [0.4, 0.5) is 0 Å². The molecule has 3 nitrogen and oxygen atoms in total. The summed E-state index contributed by atoms with van der Waals surface area (Å²) in [5.74, 6) is 1.13. The lowest BCUT2D eigenvalue weighted by Gasteiger charge is -2.09. The van der Waals surface area contributed by atoms with Crippen LogP contribution >= 0.6 is 11.8 Å². The maximum Gasteiger partial charge on any atom is 0.241 e. The number of thioether (sulfide) groups is 1. The predicted octanol–water partition coefficient (Wildman–Crippen LogP) is 3.65. The summed E-state index contributed by atoms with van der Waals surface area (Å²) in [6, 6.07) is 12.9. The summed E-state index contributed by atoms with van der Waals surface area (Å²) in [6.45, 7) is 0.500. The van der Waals surface area contributed by atoms with Crippen LogP contribution in [0.25, 0.3) is 10.8 Å². The summed E-state index contributed by atoms with van der Waals surface area (Å²) < 4.78 is 27.5. The fraction of sp³-hybridized carbons (Fsp3) is 0.375. The zero-order valence-corrected chi connectivity index (χ0v) is 13.8. The average molecular weight is 323 g/mol. The van der Waals surface area contributed by atoms with Crippen molar-refractivity contribution in [3.63, 3.8) is 0 Å². The Hall–Kier alpha value is -1.04. The van der Waals surface area contributed by atoms with E-state index < -0.39 is 10.0 Å². The molecule has 0 spiro atoms. The fourth-order valence-corrected chi connectivity index (χ4v) is 4.06. The van der Waals surface area contributed by atoms with E-state index in [0.717, 1.165) is 35.8 Å². The van der Waals surface area contributed by atoms with Gasteiger partial charge >= 0.3 is 0 Å². The minimum Gasteiger partial charge on any atom is -0.211 e. The second-order valence-corrected chi connectivity index (χ2v) is 7.65. The first-order chi connectivity index (χ1) is 10.1. The van der Waals surface area contributed by atoms with Gasteiger partial charge in [-0.25, -0.2) is 13.1 Å². The highest BCUT2D eigenvalue weighted by Gasteiger charge is 2.15. The van der Waals surface area contributed by atoms with E-state index in [9.17, 15) is 8.42 Å². The number of fused-ring (bicyclic) bond motifs is 1. The summed E-state index contributed by atoms with van der Waals surface area (Å²) in [5, 5.41) is 1.72. The SMILES string of the molecule is CSCCCCCNS(=O)(=O)c1cccc2ccccc12. The Morgan fingerprint density at radius 3 is 2.57 bits per heavy atom. The second-order valence-electron chi connectivity index (χ2n) is 4.93. The first-order valence-corrected chi connectivity index (χ1v) is 9.99. The van der Waals surface area contributed by atoms with Gasteiger partial charge in [0, 0.05) is 11.9 Å². The number of benzene rings is 2. The van der Waals surface area contributed by atoms with Gasteiger partial charge in [0.15, 0.2) is 0 Å². The Labute approximate surface area is 131 Å². The van der Waals surface area contributed by atoms with Crippen LogP contribution in [0.5, 0.6) is 0 Å². The molecule has 0 aromatic heterocycles. The lowest BCUT2D eigenvalue weighted by Crippen LogP contribution is -2.25. The Balaban J connectivity index is 2.05. The van der Waals surface area contributed by atoms with Crippen molar-refractivity contribution >= 4 is 32.6 Å². The van der Waals surface area contributed by atoms with Gasteiger partial charge in [0.1, 0.15) is 0 Å². The van der Waals surface area contributed by atoms with Crippen LogP contribution in [0.3, 0.4) is 0 Å². The molecule has 0 radical (unpaired) electrons. The summed E-state index contributed by atoms with van der Waals surface area (Å²) in [6.07, 6.45) is 5.16. The normalized spacial score (nSPS) is 11.9. The highest BCUT2D eigenvalue weighted by atomic mass is 32.2. The molecule has 5 heteroatoms. The van der Waals surface area contributed by atoms with Crippen LogP contribution in [-0.4, -0.2) is 27.0 Å². The molecule has 0 saturated heterocycles. The highest BCUT2D eigenvalue weighted by Crippen LogP contribution is 2.22. The van der Waals surface area contributed by atoms with Gasteiger partial charge in [-0.3, -0.25) is 0 Å². The third-order valence-corrected chi connectivity index (χ3v) is 5.57. The molecule has 0 heterocycles. The molecule has 1 N–H and O–H groups in total. The van der Waals surface area contributed by atoms with Gasteiger partial charge in [-0.2, -0.15) is 11.8 Å². The quantitative estimate of drug-likeness (QED) is 0.754. The molecule has 2 aromatic rings. The van der Waals surface area contributed by atoms with Crippen molar-refractivity contribution in [1.29, 1.82) is 0 Å². The first kappa shape index (κ1) is 16.3. The van der Waals surface area contributed by atoms with Gasteiger partial charge < -0.3 is 0 Å². The molecule has 0 aliphatic carbocycles. The fourth-order valence-electron chi connectivity index (χ4n) is 2.26. The Bertz CT molecular complexity index is 678. The van der Waals surface area contributed by atoms with Gasteiger partial charge in [0.25, 0.3) is 0 Å². The van der Waals surface area contributed by atoms with Gasteiger partial charge in [-0.15, -0.1) is 0 Å². The zero-order valence-electron chi connectivity index (χ0n) is 12.2. The predicted molar refractivity (Wildman–Crippen MR) is 91.4 cm³/mol. The van der Waals surface area contributed by atoms with Crippen molar-refractivity contribution in [1.82, 2.24) is 4.72 Å². The third kappa shape index (κ3) is 4.46. The number of rotatable bonds is 8. The molecule has 2 rings (SSSR count). The topological polar surface area (TPSA) is 46.2 Å². The maximum absolute atomic E-state index is 12.4. The van der Waals surface area contributed by atoms with E-state index in [0.29, 0.717) is 11.4 Å². The molecule has 0 saturated carbocycles. The Morgan fingerprint density at radius 2 is 1.76 bits per heavy atom. The molecule has 114 valence electrons. The van der Waals surface area contributed by atoms with Gasteiger partial charge in [0.05, 0.1) is 4.90 Å². The molecule has 0 atom stereocenters. The average Bonchev–Trinajstić information content (AvgIpc) is 2.50. The van der Waals surface area contributed by atoms with E-state index in [1.807, 2.05) is 42.1 Å². The Morgan fingerprint density at radius 1 is 1.00 bits per heavy atom. The van der Waals surface area contributed by atoms with Crippen LogP contribution in [0.2, 0.25) is 0 Å². The number of sulfonamides is 1. The van der Waals surface area contributed by atoms with Gasteiger partial charge in [-0.1, -0.05) is 42.8 Å². The number of hydrogen-bond acceptors (Lipinski definition) is 3. The van der Waals surface area contributed by atoms with E-state index in [-0.39, 0.29) is 0 Å². The highest BCUT2D eigenvalue weighted by molar-refractivity contribution is 7.98. The van der Waals surface area contributed by atoms with E-state index in [2.05, 4.69) is 11.0 Å². The number of hydrogen-bond donors (Lipinski definition) is 1. The van der Waals surface area contributed by atoms with E-state index in [1.165, 1.54) is 0 Å². The van der Waals surface area contributed by atoms with Crippen molar-refractivity contribution in [3.8, 4) is 0 Å². The minimum atomic E-state index is -3.43. The standard InChI is InChI=1S/C16H21NO2S2/c1-20-13-6-2-5-12-17-21(18,19)16-11-7-9-14-8-3-4-10-15(14)16/h3-4,7-11,17H,2,5-6,12-13H2,1H3. The van der Waals surface area contributed by atoms with Crippen LogP contribution in [-0.2, 0) is 10.0 Å². The van der Waals surface area contributed by atoms with Crippen molar-refractivity contribution in [2.75, 3.05) is 18.6 Å². The van der Waals surface area contributed by atoms with Crippen LogP contribution in [0, 0.1) is 0 Å². The smallest absolute Gasteiger partial charge is 0.211 e. The molecular weight excluding hydrogens is 302 g/mol. The maximum atomic E-state index is 12.4. The summed E-state index contributed by atoms with van der Waals surface area (Å²) >= 11 is 1.82. The minimum absolute atomic E-state index is 0.365. The first-order valence-electron chi connectivity index (χ1n) is 7.11. The largest absolute Gasteiger partial charge is 0.241 e. The van der Waals surface area contributed by atoms with Crippen LogP contribution in [0.15, 0.2) is 47.4 Å². The monoisotopic (exact) mass is 323 g/mol.